The molecular weight excluding hydrogens is 445 g/mol. The molecule has 2 N–H and O–H groups in total. The third kappa shape index (κ3) is 4.46. The number of hydrogen-bond donors (Lipinski definition) is 2. The topological polar surface area (TPSA) is 88.0 Å². The number of halogens is 1. The molecule has 9 heteroatoms. The molecule has 4 heterocycles. The Morgan fingerprint density at radius 1 is 1.09 bits per heavy atom. The molecule has 178 valence electrons. The molecule has 35 heavy (non-hydrogen) atoms. The molecule has 1 saturated carbocycles. The number of pyridine rings is 2. The zero-order valence-corrected chi connectivity index (χ0v) is 19.2. The highest BCUT2D eigenvalue weighted by atomic mass is 19.1. The average molecular weight is 472 g/mol. The molecule has 1 aliphatic carbocycles. The Morgan fingerprint density at radius 3 is 2.74 bits per heavy atom. The summed E-state index contributed by atoms with van der Waals surface area (Å²) in [6.07, 6.45) is 5.75. The Bertz CT molecular complexity index is 1440. The van der Waals surface area contributed by atoms with Crippen LogP contribution in [0.1, 0.15) is 30.0 Å². The lowest BCUT2D eigenvalue weighted by Crippen LogP contribution is -2.43. The van der Waals surface area contributed by atoms with Gasteiger partial charge in [0.1, 0.15) is 11.5 Å². The molecule has 3 aromatic heterocycles. The summed E-state index contributed by atoms with van der Waals surface area (Å²) in [5.74, 6) is 0.530. The molecule has 0 atom stereocenters. The van der Waals surface area contributed by atoms with Crippen molar-refractivity contribution in [2.75, 3.05) is 36.4 Å². The SMILES string of the molecule is O=c1ccc2cnc(Nc3ccc(N4CCNCC4)c(F)c3)nc2n1Cc1ncccc1C1CC1. The van der Waals surface area contributed by atoms with E-state index in [9.17, 15) is 9.18 Å². The molecule has 1 aromatic carbocycles. The van der Waals surface area contributed by atoms with Gasteiger partial charge >= 0.3 is 0 Å². The van der Waals surface area contributed by atoms with E-state index in [1.54, 1.807) is 29.1 Å². The van der Waals surface area contributed by atoms with E-state index in [-0.39, 0.29) is 11.4 Å². The zero-order valence-electron chi connectivity index (χ0n) is 19.2. The van der Waals surface area contributed by atoms with Gasteiger partial charge in [-0.2, -0.15) is 4.98 Å². The van der Waals surface area contributed by atoms with Gasteiger partial charge in [0, 0.05) is 55.7 Å². The van der Waals surface area contributed by atoms with E-state index in [0.717, 1.165) is 50.1 Å². The van der Waals surface area contributed by atoms with Gasteiger partial charge in [0.15, 0.2) is 0 Å². The first-order valence-electron chi connectivity index (χ1n) is 12.0. The smallest absolute Gasteiger partial charge is 0.252 e. The lowest BCUT2D eigenvalue weighted by Gasteiger charge is -2.29. The van der Waals surface area contributed by atoms with Crippen molar-refractivity contribution < 1.29 is 4.39 Å². The maximum absolute atomic E-state index is 14.9. The highest BCUT2D eigenvalue weighted by Gasteiger charge is 2.26. The van der Waals surface area contributed by atoms with Crippen molar-refractivity contribution in [1.29, 1.82) is 0 Å². The van der Waals surface area contributed by atoms with Crippen molar-refractivity contribution in [3.05, 3.63) is 82.3 Å². The van der Waals surface area contributed by atoms with Crippen LogP contribution in [0, 0.1) is 5.82 Å². The second-order valence-corrected chi connectivity index (χ2v) is 9.07. The molecular formula is C26H26FN7O. The average Bonchev–Trinajstić information content (AvgIpc) is 3.72. The van der Waals surface area contributed by atoms with Gasteiger partial charge in [0.25, 0.3) is 5.56 Å². The van der Waals surface area contributed by atoms with Gasteiger partial charge in [-0.05, 0) is 54.7 Å². The number of rotatable bonds is 6. The standard InChI is InChI=1S/C26H26FN7O/c27-21-14-19(6-7-23(21)33-12-10-28-11-13-33)31-26-30-15-18-5-8-24(35)34(25(18)32-26)16-22-20(17-3-4-17)2-1-9-29-22/h1-2,5-9,14-15,17,28H,3-4,10-13,16H2,(H,30,31,32). The fourth-order valence-electron chi connectivity index (χ4n) is 4.66. The molecule has 0 unspecified atom stereocenters. The number of nitrogens with zero attached hydrogens (tertiary/aromatic N) is 5. The number of fused-ring (bicyclic) bond motifs is 1. The predicted molar refractivity (Wildman–Crippen MR) is 134 cm³/mol. The number of anilines is 3. The fourth-order valence-corrected chi connectivity index (χ4v) is 4.66. The first kappa shape index (κ1) is 21.7. The summed E-state index contributed by atoms with van der Waals surface area (Å²) >= 11 is 0. The second kappa shape index (κ2) is 9.07. The van der Waals surface area contributed by atoms with E-state index in [2.05, 4.69) is 31.7 Å². The summed E-state index contributed by atoms with van der Waals surface area (Å²) in [6.45, 7) is 3.56. The van der Waals surface area contributed by atoms with E-state index in [1.807, 2.05) is 17.0 Å². The Kier molecular flexibility index (Phi) is 5.61. The van der Waals surface area contributed by atoms with Crippen LogP contribution in [0.4, 0.5) is 21.7 Å². The normalized spacial score (nSPS) is 16.0. The first-order valence-corrected chi connectivity index (χ1v) is 12.0. The molecule has 4 aromatic rings. The third-order valence-electron chi connectivity index (χ3n) is 6.64. The highest BCUT2D eigenvalue weighted by Crippen LogP contribution is 2.41. The van der Waals surface area contributed by atoms with Crippen molar-refractivity contribution in [1.82, 2.24) is 24.8 Å². The molecule has 0 bridgehead atoms. The van der Waals surface area contributed by atoms with Crippen molar-refractivity contribution in [2.45, 2.75) is 25.3 Å². The maximum atomic E-state index is 14.9. The quantitative estimate of drug-likeness (QED) is 0.446. The molecule has 1 saturated heterocycles. The van der Waals surface area contributed by atoms with Gasteiger partial charge in [0.05, 0.1) is 17.9 Å². The van der Waals surface area contributed by atoms with Gasteiger partial charge in [-0.3, -0.25) is 14.3 Å². The minimum absolute atomic E-state index is 0.152. The summed E-state index contributed by atoms with van der Waals surface area (Å²) < 4.78 is 16.5. The Morgan fingerprint density at radius 2 is 1.94 bits per heavy atom. The van der Waals surface area contributed by atoms with Crippen molar-refractivity contribution in [3.63, 3.8) is 0 Å². The molecule has 8 nitrogen and oxygen atoms in total. The minimum Gasteiger partial charge on any atom is -0.367 e. The van der Waals surface area contributed by atoms with Crippen LogP contribution in [0.15, 0.2) is 59.7 Å². The van der Waals surface area contributed by atoms with Crippen LogP contribution < -0.4 is 21.1 Å². The molecule has 1 aliphatic heterocycles. The van der Waals surface area contributed by atoms with Crippen LogP contribution in [0.25, 0.3) is 11.0 Å². The maximum Gasteiger partial charge on any atom is 0.252 e. The van der Waals surface area contributed by atoms with E-state index in [0.29, 0.717) is 35.4 Å². The Labute approximate surface area is 201 Å². The molecule has 6 rings (SSSR count). The molecule has 2 aliphatic rings. The van der Waals surface area contributed by atoms with Crippen LogP contribution in [-0.4, -0.2) is 45.7 Å². The summed E-state index contributed by atoms with van der Waals surface area (Å²) in [5.41, 5.74) is 3.59. The molecule has 2 fully saturated rings. The lowest BCUT2D eigenvalue weighted by atomic mass is 10.1. The summed E-state index contributed by atoms with van der Waals surface area (Å²) in [7, 11) is 0. The third-order valence-corrected chi connectivity index (χ3v) is 6.64. The summed E-state index contributed by atoms with van der Waals surface area (Å²) in [6, 6.07) is 12.3. The fraction of sp³-hybridized carbons (Fsp3) is 0.308. The number of aromatic nitrogens is 4. The largest absolute Gasteiger partial charge is 0.367 e. The van der Waals surface area contributed by atoms with E-state index < -0.39 is 0 Å². The van der Waals surface area contributed by atoms with E-state index in [4.69, 9.17) is 0 Å². The summed E-state index contributed by atoms with van der Waals surface area (Å²) in [5, 5.41) is 7.12. The second-order valence-electron chi connectivity index (χ2n) is 9.07. The predicted octanol–water partition coefficient (Wildman–Crippen LogP) is 3.40. The van der Waals surface area contributed by atoms with Crippen LogP contribution in [0.2, 0.25) is 0 Å². The lowest BCUT2D eigenvalue weighted by molar-refractivity contribution is 0.566. The monoisotopic (exact) mass is 471 g/mol. The minimum atomic E-state index is -0.294. The van der Waals surface area contributed by atoms with E-state index in [1.165, 1.54) is 17.7 Å². The molecule has 0 radical (unpaired) electrons. The highest BCUT2D eigenvalue weighted by molar-refractivity contribution is 5.76. The summed E-state index contributed by atoms with van der Waals surface area (Å²) in [4.78, 5) is 28.4. The number of nitrogens with one attached hydrogen (secondary N) is 2. The van der Waals surface area contributed by atoms with Gasteiger partial charge in [-0.1, -0.05) is 6.07 Å². The number of piperazine rings is 1. The van der Waals surface area contributed by atoms with Gasteiger partial charge in [0.2, 0.25) is 5.95 Å². The van der Waals surface area contributed by atoms with Gasteiger partial charge in [-0.15, -0.1) is 0 Å². The zero-order chi connectivity index (χ0) is 23.8. The van der Waals surface area contributed by atoms with Crippen LogP contribution in [0.5, 0.6) is 0 Å². The van der Waals surface area contributed by atoms with Crippen LogP contribution >= 0.6 is 0 Å². The Balaban J connectivity index is 1.30. The Hall–Kier alpha value is -3.85. The van der Waals surface area contributed by atoms with Crippen molar-refractivity contribution >= 4 is 28.4 Å². The number of benzene rings is 1. The van der Waals surface area contributed by atoms with Crippen molar-refractivity contribution in [2.24, 2.45) is 0 Å². The van der Waals surface area contributed by atoms with Gasteiger partial charge < -0.3 is 15.5 Å². The van der Waals surface area contributed by atoms with Gasteiger partial charge in [-0.25, -0.2) is 9.37 Å². The first-order chi connectivity index (χ1) is 17.2. The van der Waals surface area contributed by atoms with Crippen LogP contribution in [0.3, 0.4) is 0 Å². The number of hydrogen-bond acceptors (Lipinski definition) is 7. The van der Waals surface area contributed by atoms with E-state index >= 15 is 0 Å². The molecule has 0 amide bonds. The van der Waals surface area contributed by atoms with Crippen molar-refractivity contribution in [3.8, 4) is 0 Å². The van der Waals surface area contributed by atoms with Crippen LogP contribution in [-0.2, 0) is 6.54 Å². The molecule has 0 spiro atoms.